The largest absolute Gasteiger partial charge is 0.411 e. The van der Waals surface area contributed by atoms with Gasteiger partial charge in [0.2, 0.25) is 0 Å². The zero-order valence-corrected chi connectivity index (χ0v) is 10.1. The SMILES string of the molecule is Cc1ccc(/C=N/O)c(C#Cc2ccccc2)c1. The lowest BCUT2D eigenvalue weighted by atomic mass is 10.1. The summed E-state index contributed by atoms with van der Waals surface area (Å²) < 4.78 is 0. The topological polar surface area (TPSA) is 32.6 Å². The van der Waals surface area contributed by atoms with Crippen molar-refractivity contribution in [1.82, 2.24) is 0 Å². The highest BCUT2D eigenvalue weighted by Gasteiger charge is 1.97. The first kappa shape index (κ1) is 11.9. The fourth-order valence-corrected chi connectivity index (χ4v) is 1.61. The molecule has 2 heteroatoms. The van der Waals surface area contributed by atoms with E-state index in [1.54, 1.807) is 0 Å². The highest BCUT2D eigenvalue weighted by molar-refractivity contribution is 5.83. The average molecular weight is 235 g/mol. The minimum atomic E-state index is 0.812. The molecule has 2 rings (SSSR count). The molecular formula is C16H13NO. The Morgan fingerprint density at radius 3 is 2.56 bits per heavy atom. The van der Waals surface area contributed by atoms with Crippen molar-refractivity contribution in [3.8, 4) is 11.8 Å². The lowest BCUT2D eigenvalue weighted by Crippen LogP contribution is -1.89. The van der Waals surface area contributed by atoms with E-state index in [4.69, 9.17) is 5.21 Å². The summed E-state index contributed by atoms with van der Waals surface area (Å²) in [7, 11) is 0. The fourth-order valence-electron chi connectivity index (χ4n) is 1.61. The summed E-state index contributed by atoms with van der Waals surface area (Å²) in [6.07, 6.45) is 1.40. The van der Waals surface area contributed by atoms with Gasteiger partial charge in [-0.25, -0.2) is 0 Å². The minimum Gasteiger partial charge on any atom is -0.411 e. The first-order valence-electron chi connectivity index (χ1n) is 5.65. The van der Waals surface area contributed by atoms with Gasteiger partial charge in [0.25, 0.3) is 0 Å². The van der Waals surface area contributed by atoms with E-state index in [-0.39, 0.29) is 0 Å². The van der Waals surface area contributed by atoms with Crippen molar-refractivity contribution in [2.75, 3.05) is 0 Å². The maximum atomic E-state index is 8.62. The lowest BCUT2D eigenvalue weighted by Gasteiger charge is -1.99. The van der Waals surface area contributed by atoms with Gasteiger partial charge < -0.3 is 5.21 Å². The van der Waals surface area contributed by atoms with Crippen LogP contribution in [0.1, 0.15) is 22.3 Å². The molecule has 0 bridgehead atoms. The molecule has 2 aromatic rings. The second kappa shape index (κ2) is 5.70. The number of benzene rings is 2. The van der Waals surface area contributed by atoms with Crippen LogP contribution in [-0.4, -0.2) is 11.4 Å². The highest BCUT2D eigenvalue weighted by atomic mass is 16.4. The molecule has 0 atom stereocenters. The number of rotatable bonds is 1. The molecule has 18 heavy (non-hydrogen) atoms. The van der Waals surface area contributed by atoms with E-state index < -0.39 is 0 Å². The van der Waals surface area contributed by atoms with Gasteiger partial charge in [0, 0.05) is 16.7 Å². The summed E-state index contributed by atoms with van der Waals surface area (Å²) in [5.74, 6) is 6.20. The molecule has 0 aliphatic carbocycles. The van der Waals surface area contributed by atoms with Crippen LogP contribution in [0, 0.1) is 18.8 Å². The van der Waals surface area contributed by atoms with Crippen molar-refractivity contribution in [2.45, 2.75) is 6.92 Å². The third-order valence-corrected chi connectivity index (χ3v) is 2.52. The normalized spacial score (nSPS) is 10.1. The van der Waals surface area contributed by atoms with Gasteiger partial charge >= 0.3 is 0 Å². The van der Waals surface area contributed by atoms with E-state index in [1.807, 2.05) is 55.5 Å². The number of oxime groups is 1. The zero-order valence-electron chi connectivity index (χ0n) is 10.1. The van der Waals surface area contributed by atoms with Crippen LogP contribution in [0.2, 0.25) is 0 Å². The summed E-state index contributed by atoms with van der Waals surface area (Å²) in [4.78, 5) is 0. The van der Waals surface area contributed by atoms with Crippen LogP contribution >= 0.6 is 0 Å². The Balaban J connectivity index is 2.40. The molecule has 0 saturated heterocycles. The lowest BCUT2D eigenvalue weighted by molar-refractivity contribution is 0.322. The molecule has 0 amide bonds. The minimum absolute atomic E-state index is 0.812. The molecule has 88 valence electrons. The third kappa shape index (κ3) is 2.99. The molecule has 0 fully saturated rings. The van der Waals surface area contributed by atoms with Crippen molar-refractivity contribution in [3.63, 3.8) is 0 Å². The first-order chi connectivity index (χ1) is 8.79. The Hall–Kier alpha value is -2.53. The first-order valence-corrected chi connectivity index (χ1v) is 5.65. The Morgan fingerprint density at radius 1 is 1.06 bits per heavy atom. The van der Waals surface area contributed by atoms with Crippen LogP contribution in [0.5, 0.6) is 0 Å². The Morgan fingerprint density at radius 2 is 1.83 bits per heavy atom. The van der Waals surface area contributed by atoms with E-state index in [0.717, 1.165) is 22.3 Å². The molecule has 2 nitrogen and oxygen atoms in total. The Labute approximate surface area is 107 Å². The second-order valence-electron chi connectivity index (χ2n) is 3.95. The predicted octanol–water partition coefficient (Wildman–Crippen LogP) is 3.20. The van der Waals surface area contributed by atoms with E-state index in [9.17, 15) is 0 Å². The molecule has 0 saturated carbocycles. The molecule has 0 aliphatic rings. The van der Waals surface area contributed by atoms with Gasteiger partial charge in [-0.2, -0.15) is 0 Å². The molecule has 0 unspecified atom stereocenters. The molecule has 0 radical (unpaired) electrons. The molecule has 0 aromatic heterocycles. The molecule has 0 spiro atoms. The van der Waals surface area contributed by atoms with Gasteiger partial charge in [0.15, 0.2) is 0 Å². The maximum Gasteiger partial charge on any atom is 0.0746 e. The van der Waals surface area contributed by atoms with Crippen LogP contribution in [0.15, 0.2) is 53.7 Å². The highest BCUT2D eigenvalue weighted by Crippen LogP contribution is 2.09. The summed E-state index contributed by atoms with van der Waals surface area (Å²) in [5, 5.41) is 11.7. The van der Waals surface area contributed by atoms with Crippen molar-refractivity contribution < 1.29 is 5.21 Å². The van der Waals surface area contributed by atoms with Gasteiger partial charge in [0.1, 0.15) is 0 Å². The molecule has 1 N–H and O–H groups in total. The number of hydrogen-bond donors (Lipinski definition) is 1. The smallest absolute Gasteiger partial charge is 0.0746 e. The maximum absolute atomic E-state index is 8.62. The monoisotopic (exact) mass is 235 g/mol. The summed E-state index contributed by atoms with van der Waals surface area (Å²) >= 11 is 0. The van der Waals surface area contributed by atoms with E-state index >= 15 is 0 Å². The molecule has 0 heterocycles. The molecule has 2 aromatic carbocycles. The van der Waals surface area contributed by atoms with Gasteiger partial charge in [-0.3, -0.25) is 0 Å². The van der Waals surface area contributed by atoms with Crippen molar-refractivity contribution in [3.05, 3.63) is 70.8 Å². The van der Waals surface area contributed by atoms with Crippen LogP contribution in [0.4, 0.5) is 0 Å². The van der Waals surface area contributed by atoms with Crippen molar-refractivity contribution in [1.29, 1.82) is 0 Å². The Bertz CT molecular complexity index is 619. The number of aryl methyl sites for hydroxylation is 1. The van der Waals surface area contributed by atoms with Crippen molar-refractivity contribution >= 4 is 6.21 Å². The van der Waals surface area contributed by atoms with Gasteiger partial charge in [-0.15, -0.1) is 0 Å². The van der Waals surface area contributed by atoms with E-state index in [0.29, 0.717) is 0 Å². The van der Waals surface area contributed by atoms with Gasteiger partial charge in [0.05, 0.1) is 6.21 Å². The fraction of sp³-hybridized carbons (Fsp3) is 0.0625. The summed E-state index contributed by atoms with van der Waals surface area (Å²) in [6, 6.07) is 15.6. The predicted molar refractivity (Wildman–Crippen MR) is 73.0 cm³/mol. The van der Waals surface area contributed by atoms with Gasteiger partial charge in [-0.05, 0) is 30.7 Å². The summed E-state index contributed by atoms with van der Waals surface area (Å²) in [5.41, 5.74) is 3.76. The van der Waals surface area contributed by atoms with E-state index in [1.165, 1.54) is 6.21 Å². The quantitative estimate of drug-likeness (QED) is 0.350. The second-order valence-corrected chi connectivity index (χ2v) is 3.95. The van der Waals surface area contributed by atoms with Crippen LogP contribution in [0.25, 0.3) is 0 Å². The van der Waals surface area contributed by atoms with Crippen molar-refractivity contribution in [2.24, 2.45) is 5.16 Å². The number of nitrogens with zero attached hydrogens (tertiary/aromatic N) is 1. The van der Waals surface area contributed by atoms with Crippen LogP contribution in [0.3, 0.4) is 0 Å². The van der Waals surface area contributed by atoms with E-state index in [2.05, 4.69) is 17.0 Å². The van der Waals surface area contributed by atoms with Gasteiger partial charge in [-0.1, -0.05) is 47.3 Å². The molecule has 0 aliphatic heterocycles. The zero-order chi connectivity index (χ0) is 12.8. The standard InChI is InChI=1S/C16H13NO/c1-13-7-9-16(12-17-18)15(11-13)10-8-14-5-3-2-4-6-14/h2-7,9,11-12,18H,1H3/b17-12+. The van der Waals surface area contributed by atoms with Crippen LogP contribution < -0.4 is 0 Å². The third-order valence-electron chi connectivity index (χ3n) is 2.52. The molecular weight excluding hydrogens is 222 g/mol. The Kier molecular flexibility index (Phi) is 3.78. The number of hydrogen-bond acceptors (Lipinski definition) is 2. The summed E-state index contributed by atoms with van der Waals surface area (Å²) in [6.45, 7) is 2.01. The van der Waals surface area contributed by atoms with Crippen LogP contribution in [-0.2, 0) is 0 Å². The average Bonchev–Trinajstić information content (AvgIpc) is 2.40.